The second kappa shape index (κ2) is 3.35. The Balaban J connectivity index is 3.71. The quantitative estimate of drug-likeness (QED) is 0.384. The Labute approximate surface area is 67.0 Å². The summed E-state index contributed by atoms with van der Waals surface area (Å²) in [6.45, 7) is 4.02. The van der Waals surface area contributed by atoms with Gasteiger partial charge in [-0.3, -0.25) is 0 Å². The summed E-state index contributed by atoms with van der Waals surface area (Å²) < 4.78 is -0.0941. The summed E-state index contributed by atoms with van der Waals surface area (Å²) in [4.78, 5) is 0. The van der Waals surface area contributed by atoms with Crippen LogP contribution in [-0.4, -0.2) is 11.8 Å². The fourth-order valence-electron chi connectivity index (χ4n) is 0.154. The molecule has 0 aromatic rings. The number of hydrogen-bond donors (Lipinski definition) is 1. The van der Waals surface area contributed by atoms with Crippen LogP contribution in [0.4, 0.5) is 0 Å². The van der Waals surface area contributed by atoms with E-state index in [9.17, 15) is 0 Å². The van der Waals surface area contributed by atoms with Crippen molar-refractivity contribution in [3.8, 4) is 0 Å². The summed E-state index contributed by atoms with van der Waals surface area (Å²) in [5.74, 6) is 0. The largest absolute Gasteiger partial charge is 0.252 e. The molecule has 0 bridgehead atoms. The maximum absolute atomic E-state index is 5.70. The molecule has 1 unspecified atom stereocenters. The van der Waals surface area contributed by atoms with Crippen LogP contribution < -0.4 is 0 Å². The van der Waals surface area contributed by atoms with E-state index in [2.05, 4.69) is 12.6 Å². The van der Waals surface area contributed by atoms with Gasteiger partial charge in [-0.15, -0.1) is 22.2 Å². The van der Waals surface area contributed by atoms with Crippen molar-refractivity contribution in [1.82, 2.24) is 0 Å². The third-order valence-electron chi connectivity index (χ3n) is 1.19. The highest BCUT2D eigenvalue weighted by atomic mass is 35.7. The zero-order valence-corrected chi connectivity index (χ0v) is 8.55. The lowest BCUT2D eigenvalue weighted by Crippen LogP contribution is -2.28. The molecule has 0 N–H and O–H groups in total. The maximum Gasteiger partial charge on any atom is 0.252 e. The molecule has 0 heterocycles. The zero-order chi connectivity index (χ0) is 6.78. The second-order valence-corrected chi connectivity index (χ2v) is 8.68. The number of hydrogen-bond acceptors (Lipinski definition) is 1. The number of thiol groups is 1. The van der Waals surface area contributed by atoms with Crippen molar-refractivity contribution in [2.45, 2.75) is 24.6 Å². The van der Waals surface area contributed by atoms with E-state index in [0.717, 1.165) is 6.42 Å². The topological polar surface area (TPSA) is 0 Å². The molecular formula is C4H10Cl2SSi. The summed E-state index contributed by atoms with van der Waals surface area (Å²) in [6.07, 6.45) is 0.944. The maximum atomic E-state index is 5.70. The molecule has 0 aliphatic carbocycles. The Morgan fingerprint density at radius 1 is 1.62 bits per heavy atom. The van der Waals surface area contributed by atoms with Crippen LogP contribution >= 0.6 is 34.8 Å². The van der Waals surface area contributed by atoms with E-state index in [4.69, 9.17) is 22.2 Å². The van der Waals surface area contributed by atoms with Gasteiger partial charge in [-0.05, 0) is 6.42 Å². The highest BCUT2D eigenvalue weighted by molar-refractivity contribution is 7.85. The SMILES string of the molecule is CCC(C)(S)[SiH](Cl)Cl. The van der Waals surface area contributed by atoms with Crippen molar-refractivity contribution in [1.29, 1.82) is 0 Å². The standard InChI is InChI=1S/C4H10Cl2SSi/c1-3-4(2,7)8(5)6/h7-8H,3H2,1-2H3. The van der Waals surface area contributed by atoms with E-state index < -0.39 is 7.42 Å². The minimum absolute atomic E-state index is 0.0941. The normalized spacial score (nSPS) is 18.8. The number of rotatable bonds is 2. The van der Waals surface area contributed by atoms with Gasteiger partial charge in [0, 0.05) is 4.37 Å². The van der Waals surface area contributed by atoms with E-state index in [1.807, 2.05) is 13.8 Å². The van der Waals surface area contributed by atoms with Crippen LogP contribution in [0.1, 0.15) is 20.3 Å². The molecule has 0 saturated carbocycles. The molecule has 0 aliphatic rings. The lowest BCUT2D eigenvalue weighted by molar-refractivity contribution is 0.833. The average Bonchev–Trinajstić information content (AvgIpc) is 1.67. The number of halogens is 2. The van der Waals surface area contributed by atoms with Gasteiger partial charge in [0.05, 0.1) is 0 Å². The van der Waals surface area contributed by atoms with Crippen LogP contribution in [-0.2, 0) is 0 Å². The first-order valence-electron chi connectivity index (χ1n) is 2.51. The third-order valence-corrected chi connectivity index (χ3v) is 7.43. The van der Waals surface area contributed by atoms with Gasteiger partial charge in [-0.25, -0.2) is 0 Å². The monoisotopic (exact) mass is 188 g/mol. The summed E-state index contributed by atoms with van der Waals surface area (Å²) in [6, 6.07) is 0. The van der Waals surface area contributed by atoms with E-state index in [0.29, 0.717) is 0 Å². The highest BCUT2D eigenvalue weighted by Crippen LogP contribution is 2.25. The van der Waals surface area contributed by atoms with Crippen molar-refractivity contribution in [2.24, 2.45) is 0 Å². The molecule has 0 radical (unpaired) electrons. The molecule has 8 heavy (non-hydrogen) atoms. The van der Waals surface area contributed by atoms with E-state index in [1.165, 1.54) is 0 Å². The van der Waals surface area contributed by atoms with Crippen LogP contribution in [0.25, 0.3) is 0 Å². The first-order valence-corrected chi connectivity index (χ1v) is 7.03. The van der Waals surface area contributed by atoms with Crippen LogP contribution in [0.5, 0.6) is 0 Å². The molecule has 0 aromatic carbocycles. The molecule has 0 saturated heterocycles. The molecule has 4 heteroatoms. The molecule has 0 rings (SSSR count). The molecule has 1 atom stereocenters. The van der Waals surface area contributed by atoms with Crippen LogP contribution in [0.2, 0.25) is 0 Å². The predicted molar refractivity (Wildman–Crippen MR) is 46.5 cm³/mol. The van der Waals surface area contributed by atoms with Crippen LogP contribution in [0, 0.1) is 0 Å². The Bertz CT molecular complexity index is 74.4. The molecule has 0 fully saturated rings. The van der Waals surface area contributed by atoms with Gasteiger partial charge in [-0.1, -0.05) is 13.8 Å². The molecule has 0 spiro atoms. The van der Waals surface area contributed by atoms with Gasteiger partial charge < -0.3 is 0 Å². The van der Waals surface area contributed by atoms with Crippen molar-refractivity contribution in [3.05, 3.63) is 0 Å². The third kappa shape index (κ3) is 2.62. The lowest BCUT2D eigenvalue weighted by Gasteiger charge is -2.20. The van der Waals surface area contributed by atoms with Crippen molar-refractivity contribution < 1.29 is 0 Å². The van der Waals surface area contributed by atoms with Gasteiger partial charge >= 0.3 is 0 Å². The Morgan fingerprint density at radius 2 is 2.00 bits per heavy atom. The van der Waals surface area contributed by atoms with Gasteiger partial charge in [0.1, 0.15) is 0 Å². The molecule has 0 amide bonds. The average molecular weight is 189 g/mol. The highest BCUT2D eigenvalue weighted by Gasteiger charge is 2.26. The zero-order valence-electron chi connectivity index (χ0n) is 4.99. The van der Waals surface area contributed by atoms with Crippen LogP contribution in [0.15, 0.2) is 0 Å². The summed E-state index contributed by atoms with van der Waals surface area (Å²) in [5.41, 5.74) is 0. The molecule has 0 nitrogen and oxygen atoms in total. The van der Waals surface area contributed by atoms with Gasteiger partial charge in [-0.2, -0.15) is 12.6 Å². The lowest BCUT2D eigenvalue weighted by atomic mass is 10.4. The van der Waals surface area contributed by atoms with Crippen molar-refractivity contribution in [3.63, 3.8) is 0 Å². The molecule has 50 valence electrons. The molecular weight excluding hydrogens is 179 g/mol. The van der Waals surface area contributed by atoms with Crippen LogP contribution in [0.3, 0.4) is 0 Å². The van der Waals surface area contributed by atoms with Crippen molar-refractivity contribution in [2.75, 3.05) is 0 Å². The Hall–Kier alpha value is 1.15. The first kappa shape index (κ1) is 9.15. The van der Waals surface area contributed by atoms with Crippen molar-refractivity contribution >= 4 is 42.2 Å². The Kier molecular flexibility index (Phi) is 3.83. The van der Waals surface area contributed by atoms with E-state index in [-0.39, 0.29) is 4.37 Å². The summed E-state index contributed by atoms with van der Waals surface area (Å²) >= 11 is 15.7. The Morgan fingerprint density at radius 3 is 2.00 bits per heavy atom. The fourth-order valence-corrected chi connectivity index (χ4v) is 1.39. The van der Waals surface area contributed by atoms with E-state index in [1.54, 1.807) is 0 Å². The minimum atomic E-state index is -1.57. The van der Waals surface area contributed by atoms with Gasteiger partial charge in [0.2, 0.25) is 0 Å². The predicted octanol–water partition coefficient (Wildman–Crippen LogP) is 2.32. The summed E-state index contributed by atoms with van der Waals surface area (Å²) in [7, 11) is -1.57. The summed E-state index contributed by atoms with van der Waals surface area (Å²) in [5, 5.41) is 0. The molecule has 0 aromatic heterocycles. The van der Waals surface area contributed by atoms with Gasteiger partial charge in [0.15, 0.2) is 0 Å². The first-order chi connectivity index (χ1) is 3.50. The fraction of sp³-hybridized carbons (Fsp3) is 1.00. The van der Waals surface area contributed by atoms with Gasteiger partial charge in [0.25, 0.3) is 7.42 Å². The smallest absolute Gasteiger partial charge is 0.174 e. The molecule has 0 aliphatic heterocycles. The second-order valence-electron chi connectivity index (χ2n) is 2.01. The minimum Gasteiger partial charge on any atom is -0.174 e. The van der Waals surface area contributed by atoms with E-state index >= 15 is 0 Å².